The molecule has 0 radical (unpaired) electrons. The molecule has 2 aromatic carbocycles. The maximum absolute atomic E-state index is 12.9. The summed E-state index contributed by atoms with van der Waals surface area (Å²) >= 11 is 0. The monoisotopic (exact) mass is 563 g/mol. The molecule has 2 unspecified atom stereocenters. The molecule has 16 heteroatoms. The Hall–Kier alpha value is -2.21. The fourth-order valence-electron chi connectivity index (χ4n) is 3.84. The minimum atomic E-state index is -5.01. The van der Waals surface area contributed by atoms with E-state index in [-0.39, 0.29) is 45.5 Å². The number of benzene rings is 2. The van der Waals surface area contributed by atoms with Gasteiger partial charge in [0.15, 0.2) is 0 Å². The average Bonchev–Trinajstić information content (AvgIpc) is 2.75. The van der Waals surface area contributed by atoms with Gasteiger partial charge in [0, 0.05) is 22.6 Å². The number of ketones is 1. The Morgan fingerprint density at radius 1 is 0.806 bits per heavy atom. The van der Waals surface area contributed by atoms with E-state index in [2.05, 4.69) is 10.5 Å². The van der Waals surface area contributed by atoms with E-state index in [0.717, 1.165) is 24.3 Å². The summed E-state index contributed by atoms with van der Waals surface area (Å²) in [6.07, 6.45) is 4.15. The van der Waals surface area contributed by atoms with Gasteiger partial charge in [0.05, 0.1) is 10.6 Å². The first-order valence-electron chi connectivity index (χ1n) is 9.62. The smallest absolute Gasteiger partial charge is 0.286 e. The first-order valence-corrected chi connectivity index (χ1v) is 13.9. The third kappa shape index (κ3) is 5.53. The summed E-state index contributed by atoms with van der Waals surface area (Å²) in [5.74, 6) is -3.16. The standard InChI is InChI=1S/C20H16N2O10S3.Na/c23-20-18(35(30,31)32)10-11-9-12(33(24,25)26)5-6-13(11)19(20)22-21-16-7-8-17(34(27,28)29)15-4-2-1-3-14(15)16;/h1-11,13,21H,(H,24,25,26)(H,27,28,29)(H,30,31,32);/q;+1/b22-19-;. The molecule has 184 valence electrons. The predicted octanol–water partition coefficient (Wildman–Crippen LogP) is -1.21. The Kier molecular flexibility index (Phi) is 7.82. The van der Waals surface area contributed by atoms with Crippen molar-refractivity contribution in [3.63, 3.8) is 0 Å². The summed E-state index contributed by atoms with van der Waals surface area (Å²) in [7, 11) is -14.2. The van der Waals surface area contributed by atoms with Crippen LogP contribution < -0.4 is 35.0 Å². The van der Waals surface area contributed by atoms with E-state index in [0.29, 0.717) is 5.39 Å². The Balaban J connectivity index is 0.00000361. The van der Waals surface area contributed by atoms with Gasteiger partial charge in [0.2, 0.25) is 5.78 Å². The van der Waals surface area contributed by atoms with Gasteiger partial charge in [0.1, 0.15) is 15.5 Å². The van der Waals surface area contributed by atoms with Crippen LogP contribution in [0.3, 0.4) is 0 Å². The normalized spacial score (nSPS) is 21.4. The molecule has 0 amide bonds. The van der Waals surface area contributed by atoms with Crippen LogP contribution in [-0.2, 0) is 35.1 Å². The number of rotatable bonds is 5. The molecule has 0 aliphatic heterocycles. The average molecular weight is 564 g/mol. The predicted molar refractivity (Wildman–Crippen MR) is 125 cm³/mol. The third-order valence-corrected chi connectivity index (χ3v) is 8.05. The molecule has 12 nitrogen and oxygen atoms in total. The maximum Gasteiger partial charge on any atom is 1.00 e. The molecule has 0 spiro atoms. The molecule has 0 heterocycles. The molecule has 0 fully saturated rings. The molecule has 36 heavy (non-hydrogen) atoms. The quantitative estimate of drug-likeness (QED) is 0.193. The van der Waals surface area contributed by atoms with Gasteiger partial charge in [-0.05, 0) is 18.2 Å². The van der Waals surface area contributed by atoms with E-state index in [1.165, 1.54) is 30.3 Å². The molecule has 4 N–H and O–H groups in total. The van der Waals surface area contributed by atoms with Gasteiger partial charge >= 0.3 is 29.6 Å². The van der Waals surface area contributed by atoms with Crippen LogP contribution in [0.25, 0.3) is 10.8 Å². The van der Waals surface area contributed by atoms with Crippen molar-refractivity contribution in [2.75, 3.05) is 5.43 Å². The molecule has 0 bridgehead atoms. The number of nitrogens with one attached hydrogen (secondary N) is 1. The fourth-order valence-corrected chi connectivity index (χ4v) is 5.79. The number of allylic oxidation sites excluding steroid dienone is 5. The number of hydrogen-bond donors (Lipinski definition) is 4. The van der Waals surface area contributed by atoms with E-state index in [1.807, 2.05) is 0 Å². The van der Waals surface area contributed by atoms with Crippen molar-refractivity contribution in [1.82, 2.24) is 0 Å². The second kappa shape index (κ2) is 9.92. The van der Waals surface area contributed by atoms with Crippen molar-refractivity contribution >= 4 is 58.3 Å². The topological polar surface area (TPSA) is 205 Å². The SMILES string of the molecule is O=C1C(S(=O)(=O)O)=CC2C=C(S(=O)(=O)O)C=CC2/C1=N/Nc1ccc(S(=O)(=O)O)c2ccccc12.[Na+]. The molecule has 0 saturated heterocycles. The van der Waals surface area contributed by atoms with Gasteiger partial charge in [-0.1, -0.05) is 42.5 Å². The van der Waals surface area contributed by atoms with Gasteiger partial charge in [-0.15, -0.1) is 0 Å². The molecular formula is C20H16N2NaO10S3+. The van der Waals surface area contributed by atoms with E-state index < -0.39 is 63.5 Å². The number of carbonyl (C=O) groups excluding carboxylic acids is 1. The summed E-state index contributed by atoms with van der Waals surface area (Å²) in [5.41, 5.74) is 2.38. The zero-order chi connectivity index (χ0) is 25.8. The van der Waals surface area contributed by atoms with Gasteiger partial charge in [-0.2, -0.15) is 30.4 Å². The summed E-state index contributed by atoms with van der Waals surface area (Å²) in [6, 6.07) is 8.45. The second-order valence-electron chi connectivity index (χ2n) is 7.58. The number of carbonyl (C=O) groups is 1. The van der Waals surface area contributed by atoms with E-state index in [4.69, 9.17) is 0 Å². The van der Waals surface area contributed by atoms with Crippen molar-refractivity contribution in [3.05, 3.63) is 70.5 Å². The first kappa shape index (κ1) is 28.4. The van der Waals surface area contributed by atoms with Gasteiger partial charge in [-0.25, -0.2) is 0 Å². The molecule has 2 aromatic rings. The number of hydrogen-bond acceptors (Lipinski definition) is 9. The van der Waals surface area contributed by atoms with Gasteiger partial charge < -0.3 is 0 Å². The van der Waals surface area contributed by atoms with E-state index in [1.54, 1.807) is 6.07 Å². The van der Waals surface area contributed by atoms with Crippen molar-refractivity contribution < 1.29 is 73.3 Å². The number of nitrogens with zero attached hydrogens (tertiary/aromatic N) is 1. The van der Waals surface area contributed by atoms with Crippen LogP contribution in [0.5, 0.6) is 0 Å². The number of hydrazone groups is 1. The molecule has 2 aliphatic carbocycles. The van der Waals surface area contributed by atoms with Crippen LogP contribution in [0, 0.1) is 11.8 Å². The Bertz CT molecular complexity index is 1720. The molecule has 4 rings (SSSR count). The van der Waals surface area contributed by atoms with Crippen LogP contribution in [0.15, 0.2) is 80.5 Å². The largest absolute Gasteiger partial charge is 1.00 e. The number of fused-ring (bicyclic) bond motifs is 2. The molecular weight excluding hydrogens is 547 g/mol. The molecule has 2 atom stereocenters. The first-order chi connectivity index (χ1) is 16.2. The van der Waals surface area contributed by atoms with Crippen LogP contribution >= 0.6 is 0 Å². The third-order valence-electron chi connectivity index (χ3n) is 5.39. The van der Waals surface area contributed by atoms with Crippen LogP contribution in [0.4, 0.5) is 5.69 Å². The maximum atomic E-state index is 12.9. The van der Waals surface area contributed by atoms with Gasteiger partial charge in [-0.3, -0.25) is 23.9 Å². The van der Waals surface area contributed by atoms with Crippen LogP contribution in [0.2, 0.25) is 0 Å². The fraction of sp³-hybridized carbons (Fsp3) is 0.100. The van der Waals surface area contributed by atoms with Gasteiger partial charge in [0.25, 0.3) is 30.4 Å². The van der Waals surface area contributed by atoms with E-state index >= 15 is 0 Å². The number of Topliss-reactive ketones (excluding diaryl/α,β-unsaturated/α-hetero) is 1. The Labute approximate surface area is 228 Å². The zero-order valence-corrected chi connectivity index (χ0v) is 22.7. The van der Waals surface area contributed by atoms with Crippen molar-refractivity contribution in [1.29, 1.82) is 0 Å². The number of anilines is 1. The second-order valence-corrected chi connectivity index (χ2v) is 11.8. The van der Waals surface area contributed by atoms with Crippen molar-refractivity contribution in [2.24, 2.45) is 16.9 Å². The minimum Gasteiger partial charge on any atom is -0.286 e. The molecule has 0 saturated carbocycles. The van der Waals surface area contributed by atoms with E-state index in [9.17, 15) is 43.7 Å². The summed E-state index contributed by atoms with van der Waals surface area (Å²) in [5, 5.41) is 4.45. The molecule has 0 aromatic heterocycles. The summed E-state index contributed by atoms with van der Waals surface area (Å²) in [4.78, 5) is 10.9. The minimum absolute atomic E-state index is 0. The summed E-state index contributed by atoms with van der Waals surface area (Å²) in [6.45, 7) is 0. The van der Waals surface area contributed by atoms with Crippen molar-refractivity contribution in [2.45, 2.75) is 4.90 Å². The van der Waals surface area contributed by atoms with Crippen LogP contribution in [-0.4, -0.2) is 50.4 Å². The van der Waals surface area contributed by atoms with Crippen molar-refractivity contribution in [3.8, 4) is 0 Å². The zero-order valence-electron chi connectivity index (χ0n) is 18.3. The van der Waals surface area contributed by atoms with Crippen LogP contribution in [0.1, 0.15) is 0 Å². The summed E-state index contributed by atoms with van der Waals surface area (Å²) < 4.78 is 98.2. The molecule has 2 aliphatic rings. The Morgan fingerprint density at radius 3 is 2.03 bits per heavy atom. The Morgan fingerprint density at radius 2 is 1.44 bits per heavy atom.